The Morgan fingerprint density at radius 2 is 2.15 bits per heavy atom. The molecule has 0 aromatic heterocycles. The Balaban J connectivity index is 1.74. The molecule has 2 fully saturated rings. The third-order valence-corrected chi connectivity index (χ3v) is 4.36. The molecule has 1 heterocycles. The maximum absolute atomic E-state index is 12.4. The zero-order chi connectivity index (χ0) is 14.0. The van der Waals surface area contributed by atoms with E-state index in [4.69, 9.17) is 4.74 Å². The predicted molar refractivity (Wildman–Crippen MR) is 77.7 cm³/mol. The molecule has 0 radical (unpaired) electrons. The lowest BCUT2D eigenvalue weighted by Crippen LogP contribution is -2.49. The normalized spacial score (nSPS) is 23.9. The third kappa shape index (κ3) is 2.52. The molecule has 4 nitrogen and oxygen atoms in total. The van der Waals surface area contributed by atoms with Crippen LogP contribution in [0, 0.1) is 0 Å². The quantitative estimate of drug-likeness (QED) is 0.882. The lowest BCUT2D eigenvalue weighted by molar-refractivity contribution is -0.124. The fourth-order valence-corrected chi connectivity index (χ4v) is 3.03. The first-order chi connectivity index (χ1) is 9.75. The molecule has 0 spiro atoms. The van der Waals surface area contributed by atoms with Gasteiger partial charge in [0.1, 0.15) is 5.75 Å². The minimum Gasteiger partial charge on any atom is -0.496 e. The summed E-state index contributed by atoms with van der Waals surface area (Å²) >= 11 is 0. The second-order valence-electron chi connectivity index (χ2n) is 5.77. The van der Waals surface area contributed by atoms with Gasteiger partial charge in [0.2, 0.25) is 5.91 Å². The maximum atomic E-state index is 12.4. The van der Waals surface area contributed by atoms with Crippen LogP contribution in [0.3, 0.4) is 0 Å². The van der Waals surface area contributed by atoms with Gasteiger partial charge in [-0.2, -0.15) is 0 Å². The largest absolute Gasteiger partial charge is 0.496 e. The molecule has 20 heavy (non-hydrogen) atoms. The van der Waals surface area contributed by atoms with Gasteiger partial charge in [0, 0.05) is 5.56 Å². The first-order valence-corrected chi connectivity index (χ1v) is 7.44. The molecule has 1 saturated heterocycles. The fraction of sp³-hybridized carbons (Fsp3) is 0.562. The summed E-state index contributed by atoms with van der Waals surface area (Å²) in [4.78, 5) is 12.4. The molecule has 1 unspecified atom stereocenters. The van der Waals surface area contributed by atoms with Crippen LogP contribution >= 0.6 is 0 Å². The summed E-state index contributed by atoms with van der Waals surface area (Å²) in [6, 6.07) is 7.95. The van der Waals surface area contributed by atoms with Gasteiger partial charge >= 0.3 is 0 Å². The van der Waals surface area contributed by atoms with Crippen LogP contribution in [-0.2, 0) is 10.3 Å². The van der Waals surface area contributed by atoms with Crippen molar-refractivity contribution in [3.8, 4) is 5.75 Å². The number of ether oxygens (including phenoxy) is 1. The van der Waals surface area contributed by atoms with Crippen molar-refractivity contribution in [1.82, 2.24) is 10.6 Å². The summed E-state index contributed by atoms with van der Waals surface area (Å²) < 4.78 is 5.43. The number of amides is 1. The van der Waals surface area contributed by atoms with Crippen molar-refractivity contribution in [2.45, 2.75) is 43.7 Å². The zero-order valence-corrected chi connectivity index (χ0v) is 11.9. The number of piperidine rings is 1. The first-order valence-electron chi connectivity index (χ1n) is 7.44. The van der Waals surface area contributed by atoms with Crippen LogP contribution in [0.15, 0.2) is 24.3 Å². The van der Waals surface area contributed by atoms with Gasteiger partial charge < -0.3 is 15.4 Å². The molecule has 3 rings (SSSR count). The van der Waals surface area contributed by atoms with E-state index in [-0.39, 0.29) is 17.5 Å². The Kier molecular flexibility index (Phi) is 3.66. The second kappa shape index (κ2) is 5.44. The van der Waals surface area contributed by atoms with E-state index in [1.54, 1.807) is 7.11 Å². The highest BCUT2D eigenvalue weighted by atomic mass is 16.5. The molecule has 108 valence electrons. The highest BCUT2D eigenvalue weighted by Gasteiger charge is 2.48. The van der Waals surface area contributed by atoms with Crippen molar-refractivity contribution >= 4 is 5.91 Å². The first kappa shape index (κ1) is 13.4. The molecule has 1 atom stereocenters. The number of carbonyl (C=O) groups excluding carboxylic acids is 1. The lowest BCUT2D eigenvalue weighted by atomic mass is 10.0. The number of hydrogen-bond donors (Lipinski definition) is 2. The number of methoxy groups -OCH3 is 1. The van der Waals surface area contributed by atoms with Gasteiger partial charge in [0.05, 0.1) is 18.7 Å². The summed E-state index contributed by atoms with van der Waals surface area (Å²) in [5.41, 5.74) is 0.898. The van der Waals surface area contributed by atoms with Crippen molar-refractivity contribution in [1.29, 1.82) is 0 Å². The van der Waals surface area contributed by atoms with Gasteiger partial charge in [-0.3, -0.25) is 4.79 Å². The number of nitrogens with one attached hydrogen (secondary N) is 2. The van der Waals surface area contributed by atoms with Crippen LogP contribution < -0.4 is 15.4 Å². The summed E-state index contributed by atoms with van der Waals surface area (Å²) in [7, 11) is 1.68. The summed E-state index contributed by atoms with van der Waals surface area (Å²) in [6.45, 7) is 0.944. The second-order valence-corrected chi connectivity index (χ2v) is 5.77. The highest BCUT2D eigenvalue weighted by Crippen LogP contribution is 2.48. The van der Waals surface area contributed by atoms with E-state index in [9.17, 15) is 4.79 Å². The summed E-state index contributed by atoms with van der Waals surface area (Å²) in [6.07, 6.45) is 5.22. The average molecular weight is 274 g/mol. The van der Waals surface area contributed by atoms with Gasteiger partial charge in [0.25, 0.3) is 0 Å². The number of para-hydroxylation sites is 1. The molecule has 1 amide bonds. The van der Waals surface area contributed by atoms with Crippen LogP contribution in [0.5, 0.6) is 5.75 Å². The van der Waals surface area contributed by atoms with Gasteiger partial charge in [-0.15, -0.1) is 0 Å². The summed E-state index contributed by atoms with van der Waals surface area (Å²) in [5.74, 6) is 0.995. The van der Waals surface area contributed by atoms with E-state index in [1.807, 2.05) is 18.2 Å². The minimum atomic E-state index is -0.206. The third-order valence-electron chi connectivity index (χ3n) is 4.36. The Morgan fingerprint density at radius 3 is 2.80 bits per heavy atom. The van der Waals surface area contributed by atoms with E-state index in [0.717, 1.165) is 43.5 Å². The van der Waals surface area contributed by atoms with E-state index < -0.39 is 0 Å². The maximum Gasteiger partial charge on any atom is 0.237 e. The van der Waals surface area contributed by atoms with E-state index >= 15 is 0 Å². The van der Waals surface area contributed by atoms with Crippen molar-refractivity contribution in [3.05, 3.63) is 29.8 Å². The standard InChI is InChI=1S/C16H22N2O2/c1-20-14-8-3-2-6-12(14)16(9-10-16)18-15(19)13-7-4-5-11-17-13/h2-3,6,8,13,17H,4-5,7,9-11H2,1H3,(H,18,19). The van der Waals surface area contributed by atoms with Crippen LogP contribution in [0.2, 0.25) is 0 Å². The molecular weight excluding hydrogens is 252 g/mol. The number of hydrogen-bond acceptors (Lipinski definition) is 3. The van der Waals surface area contributed by atoms with Crippen LogP contribution in [0.1, 0.15) is 37.7 Å². The van der Waals surface area contributed by atoms with Crippen LogP contribution in [0.25, 0.3) is 0 Å². The number of benzene rings is 1. The molecule has 1 aliphatic carbocycles. The zero-order valence-electron chi connectivity index (χ0n) is 11.9. The Labute approximate surface area is 119 Å². The highest BCUT2D eigenvalue weighted by molar-refractivity contribution is 5.83. The molecule has 1 aromatic rings. The fourth-order valence-electron chi connectivity index (χ4n) is 3.03. The molecule has 1 aliphatic heterocycles. The van der Waals surface area contributed by atoms with Gasteiger partial charge in [-0.05, 0) is 38.3 Å². The van der Waals surface area contributed by atoms with Gasteiger partial charge in [0.15, 0.2) is 0 Å². The molecule has 1 saturated carbocycles. The topological polar surface area (TPSA) is 50.4 Å². The molecule has 2 aliphatic rings. The van der Waals surface area contributed by atoms with E-state index in [0.29, 0.717) is 0 Å². The van der Waals surface area contributed by atoms with Crippen molar-refractivity contribution in [2.75, 3.05) is 13.7 Å². The monoisotopic (exact) mass is 274 g/mol. The number of rotatable bonds is 4. The molecule has 2 N–H and O–H groups in total. The minimum absolute atomic E-state index is 0.0315. The van der Waals surface area contributed by atoms with E-state index in [1.165, 1.54) is 6.42 Å². The summed E-state index contributed by atoms with van der Waals surface area (Å²) in [5, 5.41) is 6.55. The smallest absolute Gasteiger partial charge is 0.237 e. The molecule has 1 aromatic carbocycles. The van der Waals surface area contributed by atoms with Crippen molar-refractivity contribution < 1.29 is 9.53 Å². The Bertz CT molecular complexity index is 491. The van der Waals surface area contributed by atoms with Crippen molar-refractivity contribution in [3.63, 3.8) is 0 Å². The average Bonchev–Trinajstić information content (AvgIpc) is 3.28. The van der Waals surface area contributed by atoms with Crippen LogP contribution in [-0.4, -0.2) is 25.6 Å². The lowest BCUT2D eigenvalue weighted by Gasteiger charge is -2.26. The van der Waals surface area contributed by atoms with E-state index in [2.05, 4.69) is 16.7 Å². The Morgan fingerprint density at radius 1 is 1.35 bits per heavy atom. The van der Waals surface area contributed by atoms with Gasteiger partial charge in [-0.1, -0.05) is 24.6 Å². The van der Waals surface area contributed by atoms with Gasteiger partial charge in [-0.25, -0.2) is 0 Å². The SMILES string of the molecule is COc1ccccc1C1(NC(=O)C2CCCCN2)CC1. The number of carbonyl (C=O) groups is 1. The molecular formula is C16H22N2O2. The Hall–Kier alpha value is -1.55. The predicted octanol–water partition coefficient (Wildman–Crippen LogP) is 1.94. The van der Waals surface area contributed by atoms with Crippen LogP contribution in [0.4, 0.5) is 0 Å². The molecule has 4 heteroatoms. The molecule has 0 bridgehead atoms. The van der Waals surface area contributed by atoms with Crippen molar-refractivity contribution in [2.24, 2.45) is 0 Å².